The molecule has 2 aliphatic rings. The number of amides is 2. The molecule has 25 heavy (non-hydrogen) atoms. The van der Waals surface area contributed by atoms with Crippen molar-refractivity contribution in [3.05, 3.63) is 0 Å². The monoisotopic (exact) mass is 370 g/mol. The zero-order valence-corrected chi connectivity index (χ0v) is 16.4. The van der Waals surface area contributed by atoms with Crippen molar-refractivity contribution in [2.24, 2.45) is 5.92 Å². The number of ether oxygens (including phenoxy) is 1. The van der Waals surface area contributed by atoms with E-state index in [-0.39, 0.29) is 23.9 Å². The van der Waals surface area contributed by atoms with Crippen molar-refractivity contribution in [2.75, 3.05) is 5.75 Å². The fraction of sp³-hybridized carbons (Fsp3) is 0.833. The Labute approximate surface area is 154 Å². The molecule has 2 amide bonds. The minimum Gasteiger partial charge on any atom is -0.461 e. The van der Waals surface area contributed by atoms with E-state index in [0.717, 1.165) is 32.1 Å². The number of esters is 1. The summed E-state index contributed by atoms with van der Waals surface area (Å²) in [6.45, 7) is 7.60. The van der Waals surface area contributed by atoms with Crippen molar-refractivity contribution < 1.29 is 19.1 Å². The Morgan fingerprint density at radius 3 is 2.44 bits per heavy atom. The van der Waals surface area contributed by atoms with Gasteiger partial charge in [0.15, 0.2) is 0 Å². The minimum absolute atomic E-state index is 0.0353. The lowest BCUT2D eigenvalue weighted by Crippen LogP contribution is -2.54. The van der Waals surface area contributed by atoms with Crippen LogP contribution in [-0.2, 0) is 19.1 Å². The highest BCUT2D eigenvalue weighted by Gasteiger charge is 2.44. The molecule has 1 aliphatic carbocycles. The van der Waals surface area contributed by atoms with Crippen LogP contribution in [0.25, 0.3) is 0 Å². The SMILES string of the molecule is CC(C)[C@H](NC(=O)[C@H]1CSC(C)(C)N1C=O)C(=O)OC1CCCCC1. The summed E-state index contributed by atoms with van der Waals surface area (Å²) in [6, 6.07) is -1.24. The van der Waals surface area contributed by atoms with Crippen LogP contribution in [0.1, 0.15) is 59.8 Å². The lowest BCUT2D eigenvalue weighted by Gasteiger charge is -2.32. The zero-order chi connectivity index (χ0) is 18.6. The number of thioether (sulfide) groups is 1. The van der Waals surface area contributed by atoms with Crippen LogP contribution in [-0.4, -0.2) is 52.0 Å². The van der Waals surface area contributed by atoms with E-state index in [2.05, 4.69) is 5.32 Å². The second kappa shape index (κ2) is 8.43. The van der Waals surface area contributed by atoms with Gasteiger partial charge in [-0.3, -0.25) is 9.59 Å². The van der Waals surface area contributed by atoms with Crippen molar-refractivity contribution in [2.45, 2.75) is 82.9 Å². The fourth-order valence-corrected chi connectivity index (χ4v) is 4.58. The number of carbonyl (C=O) groups is 3. The van der Waals surface area contributed by atoms with Gasteiger partial charge in [0.25, 0.3) is 0 Å². The van der Waals surface area contributed by atoms with Crippen molar-refractivity contribution in [1.29, 1.82) is 0 Å². The molecule has 7 heteroatoms. The van der Waals surface area contributed by atoms with E-state index in [4.69, 9.17) is 4.74 Å². The average Bonchev–Trinajstić information content (AvgIpc) is 2.87. The fourth-order valence-electron chi connectivity index (χ4n) is 3.38. The van der Waals surface area contributed by atoms with Crippen molar-refractivity contribution in [3.63, 3.8) is 0 Å². The minimum atomic E-state index is -0.684. The number of rotatable bonds is 6. The third-order valence-corrected chi connectivity index (χ3v) is 6.42. The molecule has 0 aromatic carbocycles. The van der Waals surface area contributed by atoms with Gasteiger partial charge in [0, 0.05) is 5.75 Å². The molecule has 6 nitrogen and oxygen atoms in total. The Hall–Kier alpha value is -1.24. The summed E-state index contributed by atoms with van der Waals surface area (Å²) in [5.74, 6) is -0.200. The molecule has 1 saturated heterocycles. The Kier molecular flexibility index (Phi) is 6.77. The van der Waals surface area contributed by atoms with Crippen LogP contribution in [0.2, 0.25) is 0 Å². The van der Waals surface area contributed by atoms with Crippen molar-refractivity contribution in [3.8, 4) is 0 Å². The molecule has 0 radical (unpaired) electrons. The third-order valence-electron chi connectivity index (χ3n) is 5.02. The smallest absolute Gasteiger partial charge is 0.329 e. The first-order chi connectivity index (χ1) is 11.8. The van der Waals surface area contributed by atoms with Crippen LogP contribution in [0.4, 0.5) is 0 Å². The van der Waals surface area contributed by atoms with Crippen molar-refractivity contribution >= 4 is 30.0 Å². The first-order valence-corrected chi connectivity index (χ1v) is 10.1. The van der Waals surface area contributed by atoms with E-state index >= 15 is 0 Å². The van der Waals surface area contributed by atoms with Gasteiger partial charge in [-0.15, -0.1) is 11.8 Å². The molecule has 1 saturated carbocycles. The van der Waals surface area contributed by atoms with Gasteiger partial charge in [-0.05, 0) is 45.4 Å². The Bertz CT molecular complexity index is 503. The van der Waals surface area contributed by atoms with E-state index in [0.29, 0.717) is 5.75 Å². The van der Waals surface area contributed by atoms with Gasteiger partial charge in [0.1, 0.15) is 18.2 Å². The second-order valence-electron chi connectivity index (χ2n) is 7.71. The number of nitrogens with zero attached hydrogens (tertiary/aromatic N) is 1. The highest BCUT2D eigenvalue weighted by Crippen LogP contribution is 2.37. The van der Waals surface area contributed by atoms with Crippen LogP contribution < -0.4 is 5.32 Å². The molecule has 0 aromatic heterocycles. The lowest BCUT2D eigenvalue weighted by molar-refractivity contribution is -0.156. The molecule has 1 N–H and O–H groups in total. The maximum atomic E-state index is 12.7. The first kappa shape index (κ1) is 20.1. The summed E-state index contributed by atoms with van der Waals surface area (Å²) in [5.41, 5.74) is 0. The van der Waals surface area contributed by atoms with E-state index < -0.39 is 17.0 Å². The highest BCUT2D eigenvalue weighted by molar-refractivity contribution is 8.00. The normalized spacial score (nSPS) is 24.8. The molecule has 2 atom stereocenters. The van der Waals surface area contributed by atoms with E-state index in [9.17, 15) is 14.4 Å². The van der Waals surface area contributed by atoms with E-state index in [1.54, 1.807) is 11.8 Å². The molecular weight excluding hydrogens is 340 g/mol. The topological polar surface area (TPSA) is 75.7 Å². The van der Waals surface area contributed by atoms with Crippen LogP contribution in [0.5, 0.6) is 0 Å². The molecule has 0 spiro atoms. The second-order valence-corrected chi connectivity index (χ2v) is 9.33. The zero-order valence-electron chi connectivity index (χ0n) is 15.6. The number of nitrogens with one attached hydrogen (secondary N) is 1. The van der Waals surface area contributed by atoms with Gasteiger partial charge in [-0.1, -0.05) is 20.3 Å². The van der Waals surface area contributed by atoms with E-state index in [1.165, 1.54) is 11.3 Å². The summed E-state index contributed by atoms with van der Waals surface area (Å²) < 4.78 is 5.63. The Morgan fingerprint density at radius 2 is 1.88 bits per heavy atom. The number of hydrogen-bond donors (Lipinski definition) is 1. The van der Waals surface area contributed by atoms with Crippen molar-refractivity contribution in [1.82, 2.24) is 10.2 Å². The Morgan fingerprint density at radius 1 is 1.24 bits per heavy atom. The maximum absolute atomic E-state index is 12.7. The van der Waals surface area contributed by atoms with Crippen LogP contribution in [0.15, 0.2) is 0 Å². The molecule has 2 fully saturated rings. The molecule has 142 valence electrons. The summed E-state index contributed by atoms with van der Waals surface area (Å²) in [6.07, 6.45) is 5.84. The van der Waals surface area contributed by atoms with Gasteiger partial charge in [0.2, 0.25) is 12.3 Å². The van der Waals surface area contributed by atoms with Crippen LogP contribution in [0, 0.1) is 5.92 Å². The van der Waals surface area contributed by atoms with Crippen LogP contribution >= 0.6 is 11.8 Å². The number of hydrogen-bond acceptors (Lipinski definition) is 5. The maximum Gasteiger partial charge on any atom is 0.329 e. The molecule has 1 aliphatic heterocycles. The largest absolute Gasteiger partial charge is 0.461 e. The molecule has 0 unspecified atom stereocenters. The number of carbonyl (C=O) groups excluding carboxylic acids is 3. The van der Waals surface area contributed by atoms with Gasteiger partial charge in [-0.2, -0.15) is 0 Å². The molecule has 0 bridgehead atoms. The van der Waals surface area contributed by atoms with Gasteiger partial charge < -0.3 is 15.0 Å². The summed E-state index contributed by atoms with van der Waals surface area (Å²) >= 11 is 1.56. The lowest BCUT2D eigenvalue weighted by atomic mass is 9.97. The molecule has 2 rings (SSSR count). The predicted molar refractivity (Wildman–Crippen MR) is 98.0 cm³/mol. The quantitative estimate of drug-likeness (QED) is 0.574. The predicted octanol–water partition coefficient (Wildman–Crippen LogP) is 2.31. The van der Waals surface area contributed by atoms with E-state index in [1.807, 2.05) is 27.7 Å². The molecular formula is C18H30N2O4S. The highest BCUT2D eigenvalue weighted by atomic mass is 32.2. The Balaban J connectivity index is 1.99. The van der Waals surface area contributed by atoms with Gasteiger partial charge in [-0.25, -0.2) is 4.79 Å². The third kappa shape index (κ3) is 4.90. The summed E-state index contributed by atoms with van der Waals surface area (Å²) in [4.78, 5) is 37.7. The summed E-state index contributed by atoms with van der Waals surface area (Å²) in [7, 11) is 0. The van der Waals surface area contributed by atoms with Gasteiger partial charge in [0.05, 0.1) is 4.87 Å². The molecule has 1 heterocycles. The summed E-state index contributed by atoms with van der Waals surface area (Å²) in [5, 5.41) is 2.82. The van der Waals surface area contributed by atoms with Gasteiger partial charge >= 0.3 is 5.97 Å². The first-order valence-electron chi connectivity index (χ1n) is 9.15. The van der Waals surface area contributed by atoms with Crippen LogP contribution in [0.3, 0.4) is 0 Å². The standard InChI is InChI=1S/C18H30N2O4S/c1-12(2)15(17(23)24-13-8-6-5-7-9-13)19-16(22)14-10-25-18(3,4)20(14)11-21/h11-15H,5-10H2,1-4H3,(H,19,22)/t14-,15+/m1/s1. The molecule has 0 aromatic rings. The average molecular weight is 371 g/mol.